The Kier molecular flexibility index (Phi) is 4.31. The third-order valence-electron chi connectivity index (χ3n) is 1.98. The van der Waals surface area contributed by atoms with Crippen molar-refractivity contribution in [2.24, 2.45) is 5.92 Å². The fourth-order valence-electron chi connectivity index (χ4n) is 0.952. The van der Waals surface area contributed by atoms with Gasteiger partial charge in [0.2, 0.25) is 0 Å². The van der Waals surface area contributed by atoms with Gasteiger partial charge in [0, 0.05) is 12.7 Å². The summed E-state index contributed by atoms with van der Waals surface area (Å²) in [6.07, 6.45) is 3.11. The molecule has 0 aliphatic carbocycles. The highest BCUT2D eigenvalue weighted by Gasteiger charge is 2.11. The van der Waals surface area contributed by atoms with E-state index >= 15 is 0 Å². The van der Waals surface area contributed by atoms with Gasteiger partial charge in [-0.2, -0.15) is 0 Å². The van der Waals surface area contributed by atoms with Gasteiger partial charge in [-0.15, -0.1) is 0 Å². The molecule has 1 unspecified atom stereocenters. The van der Waals surface area contributed by atoms with Crippen molar-refractivity contribution in [3.8, 4) is 0 Å². The lowest BCUT2D eigenvalue weighted by Crippen LogP contribution is -2.38. The van der Waals surface area contributed by atoms with Crippen LogP contribution in [0.5, 0.6) is 0 Å². The maximum absolute atomic E-state index is 11.2. The van der Waals surface area contributed by atoms with E-state index in [1.807, 2.05) is 0 Å². The number of hydrogen-bond acceptors (Lipinski definition) is 3. The maximum Gasteiger partial charge on any atom is 0.315 e. The zero-order valence-electron chi connectivity index (χ0n) is 8.86. The molecular formula is C9H14N4O3. The van der Waals surface area contributed by atoms with Crippen LogP contribution in [0.1, 0.15) is 12.6 Å². The topological polar surface area (TPSA) is 107 Å². The smallest absolute Gasteiger partial charge is 0.315 e. The van der Waals surface area contributed by atoms with Crippen LogP contribution >= 0.6 is 0 Å². The van der Waals surface area contributed by atoms with Crippen molar-refractivity contribution in [3.05, 3.63) is 18.2 Å². The molecule has 0 aromatic carbocycles. The summed E-state index contributed by atoms with van der Waals surface area (Å²) < 4.78 is 0. The van der Waals surface area contributed by atoms with E-state index in [-0.39, 0.29) is 6.54 Å². The van der Waals surface area contributed by atoms with Crippen molar-refractivity contribution in [3.63, 3.8) is 0 Å². The van der Waals surface area contributed by atoms with Gasteiger partial charge in [-0.25, -0.2) is 9.78 Å². The highest BCUT2D eigenvalue weighted by molar-refractivity contribution is 5.75. The summed E-state index contributed by atoms with van der Waals surface area (Å²) in [5, 5.41) is 13.6. The second-order valence-corrected chi connectivity index (χ2v) is 3.38. The quantitative estimate of drug-likeness (QED) is 0.563. The Morgan fingerprint density at radius 2 is 2.31 bits per heavy atom. The van der Waals surface area contributed by atoms with Gasteiger partial charge < -0.3 is 20.7 Å². The van der Waals surface area contributed by atoms with Gasteiger partial charge in [-0.05, 0) is 0 Å². The molecule has 7 nitrogen and oxygen atoms in total. The minimum absolute atomic E-state index is 0.101. The number of rotatable bonds is 5. The molecule has 4 N–H and O–H groups in total. The third-order valence-corrected chi connectivity index (χ3v) is 1.98. The molecule has 2 amide bonds. The van der Waals surface area contributed by atoms with Crippen LogP contribution in [0.4, 0.5) is 4.79 Å². The lowest BCUT2D eigenvalue weighted by molar-refractivity contribution is -0.140. The average Bonchev–Trinajstić information content (AvgIpc) is 2.75. The summed E-state index contributed by atoms with van der Waals surface area (Å²) in [4.78, 5) is 28.3. The number of amides is 2. The Bertz CT molecular complexity index is 350. The Labute approximate surface area is 92.3 Å². The van der Waals surface area contributed by atoms with Crippen LogP contribution in [-0.4, -0.2) is 33.6 Å². The maximum atomic E-state index is 11.2. The number of nitrogens with one attached hydrogen (secondary N) is 3. The predicted molar refractivity (Wildman–Crippen MR) is 55.6 cm³/mol. The summed E-state index contributed by atoms with van der Waals surface area (Å²) in [6.45, 7) is 1.95. The van der Waals surface area contributed by atoms with E-state index in [1.165, 1.54) is 13.3 Å². The first kappa shape index (κ1) is 12.0. The van der Waals surface area contributed by atoms with Gasteiger partial charge in [0.15, 0.2) is 0 Å². The molecule has 0 saturated heterocycles. The number of urea groups is 1. The van der Waals surface area contributed by atoms with Crippen LogP contribution in [-0.2, 0) is 11.3 Å². The van der Waals surface area contributed by atoms with E-state index in [1.54, 1.807) is 6.20 Å². The molecule has 1 aromatic rings. The van der Waals surface area contributed by atoms with Crippen LogP contribution < -0.4 is 10.6 Å². The molecule has 7 heteroatoms. The summed E-state index contributed by atoms with van der Waals surface area (Å²) >= 11 is 0. The monoisotopic (exact) mass is 226 g/mol. The predicted octanol–water partition coefficient (Wildman–Crippen LogP) is -0.0704. The number of imidazole rings is 1. The molecule has 1 rings (SSSR count). The summed E-state index contributed by atoms with van der Waals surface area (Å²) in [6, 6.07) is -0.400. The summed E-state index contributed by atoms with van der Waals surface area (Å²) in [5.41, 5.74) is 0.779. The third kappa shape index (κ3) is 3.99. The SMILES string of the molecule is CC(CNC(=O)NCc1cnc[nH]1)C(=O)O. The second-order valence-electron chi connectivity index (χ2n) is 3.38. The minimum atomic E-state index is -0.936. The number of nitrogens with zero attached hydrogens (tertiary/aromatic N) is 1. The molecular weight excluding hydrogens is 212 g/mol. The van der Waals surface area contributed by atoms with Gasteiger partial charge in [0.25, 0.3) is 0 Å². The van der Waals surface area contributed by atoms with E-state index in [4.69, 9.17) is 5.11 Å². The van der Waals surface area contributed by atoms with E-state index in [0.717, 1.165) is 5.69 Å². The Balaban J connectivity index is 2.19. The molecule has 0 spiro atoms. The van der Waals surface area contributed by atoms with Gasteiger partial charge in [-0.1, -0.05) is 6.92 Å². The first-order chi connectivity index (χ1) is 7.59. The first-order valence-electron chi connectivity index (χ1n) is 4.81. The second kappa shape index (κ2) is 5.74. The van der Waals surface area contributed by atoms with Crippen molar-refractivity contribution in [2.75, 3.05) is 6.54 Å². The van der Waals surface area contributed by atoms with Crippen LogP contribution in [0.15, 0.2) is 12.5 Å². The molecule has 0 aliphatic heterocycles. The molecule has 0 bridgehead atoms. The standard InChI is InChI=1S/C9H14N4O3/c1-6(8(14)15)2-11-9(16)12-4-7-3-10-5-13-7/h3,5-6H,2,4H2,1H3,(H,10,13)(H,14,15)(H2,11,12,16). The van der Waals surface area contributed by atoms with Crippen LogP contribution in [0, 0.1) is 5.92 Å². The Morgan fingerprint density at radius 1 is 1.56 bits per heavy atom. The van der Waals surface area contributed by atoms with Crippen LogP contribution in [0.25, 0.3) is 0 Å². The van der Waals surface area contributed by atoms with Gasteiger partial charge >= 0.3 is 12.0 Å². The number of aromatic amines is 1. The number of carboxylic acids is 1. The van der Waals surface area contributed by atoms with Crippen LogP contribution in [0.2, 0.25) is 0 Å². The Hall–Kier alpha value is -2.05. The molecule has 16 heavy (non-hydrogen) atoms. The van der Waals surface area contributed by atoms with Crippen molar-refractivity contribution < 1.29 is 14.7 Å². The van der Waals surface area contributed by atoms with Gasteiger partial charge in [-0.3, -0.25) is 4.79 Å². The first-order valence-corrected chi connectivity index (χ1v) is 4.81. The van der Waals surface area contributed by atoms with E-state index in [9.17, 15) is 9.59 Å². The Morgan fingerprint density at radius 3 is 2.88 bits per heavy atom. The fraction of sp³-hybridized carbons (Fsp3) is 0.444. The van der Waals surface area contributed by atoms with Crippen molar-refractivity contribution in [1.29, 1.82) is 0 Å². The normalized spacial score (nSPS) is 11.8. The van der Waals surface area contributed by atoms with Gasteiger partial charge in [0.05, 0.1) is 24.5 Å². The highest BCUT2D eigenvalue weighted by Crippen LogP contribution is 1.92. The number of hydrogen-bond donors (Lipinski definition) is 4. The molecule has 0 saturated carbocycles. The largest absolute Gasteiger partial charge is 0.481 e. The number of H-pyrrole nitrogens is 1. The highest BCUT2D eigenvalue weighted by atomic mass is 16.4. The zero-order chi connectivity index (χ0) is 12.0. The number of aromatic nitrogens is 2. The number of carbonyl (C=O) groups excluding carboxylic acids is 1. The number of carbonyl (C=O) groups is 2. The average molecular weight is 226 g/mol. The molecule has 0 aliphatic rings. The lowest BCUT2D eigenvalue weighted by atomic mass is 10.2. The molecule has 1 aromatic heterocycles. The number of aliphatic carboxylic acids is 1. The summed E-state index contributed by atoms with van der Waals surface area (Å²) in [7, 11) is 0. The zero-order valence-corrected chi connectivity index (χ0v) is 8.86. The fourth-order valence-corrected chi connectivity index (χ4v) is 0.952. The van der Waals surface area contributed by atoms with Crippen molar-refractivity contribution in [2.45, 2.75) is 13.5 Å². The van der Waals surface area contributed by atoms with Crippen molar-refractivity contribution in [1.82, 2.24) is 20.6 Å². The van der Waals surface area contributed by atoms with Crippen LogP contribution in [0.3, 0.4) is 0 Å². The number of carboxylic acid groups (broad SMARTS) is 1. The molecule has 0 fully saturated rings. The molecule has 0 radical (unpaired) electrons. The molecule has 1 atom stereocenters. The minimum Gasteiger partial charge on any atom is -0.481 e. The van der Waals surface area contributed by atoms with Crippen molar-refractivity contribution >= 4 is 12.0 Å². The van der Waals surface area contributed by atoms with E-state index in [0.29, 0.717) is 6.54 Å². The summed E-state index contributed by atoms with van der Waals surface area (Å²) in [5.74, 6) is -1.54. The van der Waals surface area contributed by atoms with Gasteiger partial charge in [0.1, 0.15) is 0 Å². The lowest BCUT2D eigenvalue weighted by Gasteiger charge is -2.09. The molecule has 88 valence electrons. The molecule has 1 heterocycles. The van der Waals surface area contributed by atoms with E-state index < -0.39 is 17.9 Å². The van der Waals surface area contributed by atoms with E-state index in [2.05, 4.69) is 20.6 Å².